The fraction of sp³-hybridized carbons (Fsp3) is 0.292. The molecule has 2 saturated heterocycles. The first-order valence-electron chi connectivity index (χ1n) is 11.2. The standard InChI is InChI=1S/C24H24ClN7O2/c1-33-20-8-14(31-12-15-9-27-10-16(13-31)34-15)5-6-17(20)22-21(25)23(30-24(26)29-22)18-11-28-32-7-3-2-4-19(18)32/h2-8,11,15-16,27H,9-10,12-13H2,1H3,(H2,26,29,30). The summed E-state index contributed by atoms with van der Waals surface area (Å²) in [4.78, 5) is 11.3. The van der Waals surface area contributed by atoms with E-state index in [4.69, 9.17) is 26.8 Å². The molecular weight excluding hydrogens is 454 g/mol. The first-order valence-corrected chi connectivity index (χ1v) is 11.5. The highest BCUT2D eigenvalue weighted by Gasteiger charge is 2.31. The van der Waals surface area contributed by atoms with Crippen molar-refractivity contribution >= 4 is 28.8 Å². The van der Waals surface area contributed by atoms with E-state index in [0.29, 0.717) is 22.2 Å². The summed E-state index contributed by atoms with van der Waals surface area (Å²) in [5, 5.41) is 8.22. The van der Waals surface area contributed by atoms with Gasteiger partial charge in [0.2, 0.25) is 5.95 Å². The number of anilines is 2. The van der Waals surface area contributed by atoms with Crippen molar-refractivity contribution in [1.29, 1.82) is 0 Å². The van der Waals surface area contributed by atoms with Crippen molar-refractivity contribution in [2.75, 3.05) is 43.9 Å². The molecule has 2 aliphatic rings. The number of benzene rings is 1. The molecule has 3 aromatic heterocycles. The predicted molar refractivity (Wildman–Crippen MR) is 131 cm³/mol. The van der Waals surface area contributed by atoms with Crippen LogP contribution in [0.25, 0.3) is 28.0 Å². The number of hydrogen-bond acceptors (Lipinski definition) is 8. The van der Waals surface area contributed by atoms with Crippen molar-refractivity contribution in [2.24, 2.45) is 0 Å². The lowest BCUT2D eigenvalue weighted by Crippen LogP contribution is -2.58. The molecule has 174 valence electrons. The summed E-state index contributed by atoms with van der Waals surface area (Å²) < 4.78 is 13.6. The number of morpholine rings is 2. The third-order valence-corrected chi connectivity index (χ3v) is 6.69. The number of hydrogen-bond donors (Lipinski definition) is 2. The summed E-state index contributed by atoms with van der Waals surface area (Å²) in [6.45, 7) is 3.38. The fourth-order valence-corrected chi connectivity index (χ4v) is 5.06. The number of nitrogen functional groups attached to an aromatic ring is 1. The molecule has 4 aromatic rings. The summed E-state index contributed by atoms with van der Waals surface area (Å²) in [6, 6.07) is 11.9. The van der Waals surface area contributed by atoms with Gasteiger partial charge in [0.05, 0.1) is 47.4 Å². The quantitative estimate of drug-likeness (QED) is 0.462. The fourth-order valence-electron chi connectivity index (χ4n) is 4.78. The lowest BCUT2D eigenvalue weighted by atomic mass is 10.0. The maximum Gasteiger partial charge on any atom is 0.221 e. The molecule has 0 amide bonds. The van der Waals surface area contributed by atoms with Crippen LogP contribution >= 0.6 is 11.6 Å². The molecule has 2 atom stereocenters. The Kier molecular flexibility index (Phi) is 5.24. The van der Waals surface area contributed by atoms with Crippen LogP contribution in [0.5, 0.6) is 5.75 Å². The average Bonchev–Trinajstić information content (AvgIpc) is 3.28. The number of aromatic nitrogens is 4. The zero-order chi connectivity index (χ0) is 23.2. The minimum absolute atomic E-state index is 0.129. The normalized spacial score (nSPS) is 20.0. The lowest BCUT2D eigenvalue weighted by molar-refractivity contribution is -0.0484. The molecule has 2 aliphatic heterocycles. The number of halogens is 1. The van der Waals surface area contributed by atoms with Gasteiger partial charge in [0.15, 0.2) is 0 Å². The maximum absolute atomic E-state index is 6.88. The molecule has 0 spiro atoms. The zero-order valence-corrected chi connectivity index (χ0v) is 19.4. The predicted octanol–water partition coefficient (Wildman–Crippen LogP) is 2.88. The first kappa shape index (κ1) is 21.2. The van der Waals surface area contributed by atoms with Crippen LogP contribution in [-0.2, 0) is 4.74 Å². The third kappa shape index (κ3) is 3.62. The number of nitrogens with one attached hydrogen (secondary N) is 1. The molecule has 6 rings (SSSR count). The zero-order valence-electron chi connectivity index (χ0n) is 18.6. The van der Waals surface area contributed by atoms with Gasteiger partial charge in [-0.1, -0.05) is 17.7 Å². The molecule has 0 saturated carbocycles. The molecule has 2 bridgehead atoms. The summed E-state index contributed by atoms with van der Waals surface area (Å²) in [5.74, 6) is 0.794. The highest BCUT2D eigenvalue weighted by atomic mass is 35.5. The van der Waals surface area contributed by atoms with Gasteiger partial charge in [-0.05, 0) is 24.3 Å². The van der Waals surface area contributed by atoms with Crippen LogP contribution in [0.2, 0.25) is 5.02 Å². The minimum Gasteiger partial charge on any atom is -0.496 e. The molecular formula is C24H24ClN7O2. The van der Waals surface area contributed by atoms with E-state index < -0.39 is 0 Å². The van der Waals surface area contributed by atoms with E-state index in [1.807, 2.05) is 36.5 Å². The Bertz CT molecular complexity index is 1360. The summed E-state index contributed by atoms with van der Waals surface area (Å²) in [7, 11) is 1.64. The molecule has 5 heterocycles. The minimum atomic E-state index is 0.129. The number of ether oxygens (including phenoxy) is 2. The topological polar surface area (TPSA) is 103 Å². The number of nitrogens with zero attached hydrogens (tertiary/aromatic N) is 5. The van der Waals surface area contributed by atoms with E-state index >= 15 is 0 Å². The number of rotatable bonds is 4. The number of pyridine rings is 1. The van der Waals surface area contributed by atoms with Crippen LogP contribution in [0.3, 0.4) is 0 Å². The second-order valence-electron chi connectivity index (χ2n) is 8.51. The van der Waals surface area contributed by atoms with E-state index in [9.17, 15) is 0 Å². The van der Waals surface area contributed by atoms with Crippen LogP contribution in [0.1, 0.15) is 0 Å². The monoisotopic (exact) mass is 477 g/mol. The van der Waals surface area contributed by atoms with Crippen LogP contribution in [0, 0.1) is 0 Å². The Labute approximate surface area is 201 Å². The van der Waals surface area contributed by atoms with E-state index in [1.165, 1.54) is 0 Å². The van der Waals surface area contributed by atoms with Gasteiger partial charge < -0.3 is 25.4 Å². The molecule has 1 aromatic carbocycles. The second-order valence-corrected chi connectivity index (χ2v) is 8.89. The molecule has 9 nitrogen and oxygen atoms in total. The Hall–Kier alpha value is -3.40. The Morgan fingerprint density at radius 3 is 2.62 bits per heavy atom. The molecule has 10 heteroatoms. The van der Waals surface area contributed by atoms with Gasteiger partial charge in [-0.3, -0.25) is 0 Å². The number of fused-ring (bicyclic) bond motifs is 3. The molecule has 3 N–H and O–H groups in total. The number of methoxy groups -OCH3 is 1. The van der Waals surface area contributed by atoms with Gasteiger partial charge in [0.25, 0.3) is 0 Å². The lowest BCUT2D eigenvalue weighted by Gasteiger charge is -2.43. The van der Waals surface area contributed by atoms with Crippen molar-refractivity contribution in [2.45, 2.75) is 12.2 Å². The molecule has 2 unspecified atom stereocenters. The van der Waals surface area contributed by atoms with E-state index in [-0.39, 0.29) is 18.2 Å². The van der Waals surface area contributed by atoms with Crippen LogP contribution in [0.4, 0.5) is 11.6 Å². The van der Waals surface area contributed by atoms with Crippen LogP contribution in [-0.4, -0.2) is 65.1 Å². The average molecular weight is 478 g/mol. The van der Waals surface area contributed by atoms with Gasteiger partial charge in [0.1, 0.15) is 5.75 Å². The Balaban J connectivity index is 1.41. The van der Waals surface area contributed by atoms with E-state index in [2.05, 4.69) is 31.3 Å². The maximum atomic E-state index is 6.88. The highest BCUT2D eigenvalue weighted by Crippen LogP contribution is 2.41. The van der Waals surface area contributed by atoms with Crippen LogP contribution < -0.4 is 20.7 Å². The van der Waals surface area contributed by atoms with Crippen molar-refractivity contribution in [1.82, 2.24) is 24.9 Å². The molecule has 34 heavy (non-hydrogen) atoms. The highest BCUT2D eigenvalue weighted by molar-refractivity contribution is 6.35. The van der Waals surface area contributed by atoms with Crippen molar-refractivity contribution in [3.63, 3.8) is 0 Å². The summed E-state index contributed by atoms with van der Waals surface area (Å²) in [5.41, 5.74) is 10.7. The molecule has 0 radical (unpaired) electrons. The van der Waals surface area contributed by atoms with Crippen molar-refractivity contribution in [3.8, 4) is 28.3 Å². The SMILES string of the molecule is COc1cc(N2CC3CNCC(C2)O3)ccc1-c1nc(N)nc(-c2cnn3ccccc23)c1Cl. The van der Waals surface area contributed by atoms with Gasteiger partial charge in [-0.25, -0.2) is 14.5 Å². The Morgan fingerprint density at radius 1 is 1.09 bits per heavy atom. The summed E-state index contributed by atoms with van der Waals surface area (Å²) in [6.07, 6.45) is 3.97. The number of nitrogens with two attached hydrogens (primary N) is 1. The van der Waals surface area contributed by atoms with Crippen LogP contribution in [0.15, 0.2) is 48.8 Å². The van der Waals surface area contributed by atoms with E-state index in [0.717, 1.165) is 48.5 Å². The second kappa shape index (κ2) is 8.43. The Morgan fingerprint density at radius 2 is 1.85 bits per heavy atom. The largest absolute Gasteiger partial charge is 0.496 e. The third-order valence-electron chi connectivity index (χ3n) is 6.33. The van der Waals surface area contributed by atoms with Gasteiger partial charge in [-0.2, -0.15) is 5.10 Å². The van der Waals surface area contributed by atoms with Crippen molar-refractivity contribution < 1.29 is 9.47 Å². The van der Waals surface area contributed by atoms with Gasteiger partial charge in [0, 0.05) is 55.3 Å². The van der Waals surface area contributed by atoms with Gasteiger partial charge >= 0.3 is 0 Å². The first-order chi connectivity index (χ1) is 16.6. The molecule has 2 fully saturated rings. The van der Waals surface area contributed by atoms with E-state index in [1.54, 1.807) is 17.8 Å². The van der Waals surface area contributed by atoms with Crippen molar-refractivity contribution in [3.05, 3.63) is 53.8 Å². The van der Waals surface area contributed by atoms with Gasteiger partial charge in [-0.15, -0.1) is 0 Å². The molecule has 0 aliphatic carbocycles. The summed E-state index contributed by atoms with van der Waals surface area (Å²) >= 11 is 6.88. The smallest absolute Gasteiger partial charge is 0.221 e.